The molecular formula is C24H14O2S2. The van der Waals surface area contributed by atoms with Crippen LogP contribution in [0.3, 0.4) is 0 Å². The molecule has 28 heavy (non-hydrogen) atoms. The van der Waals surface area contributed by atoms with Gasteiger partial charge in [0, 0.05) is 15.3 Å². The molecule has 0 radical (unpaired) electrons. The van der Waals surface area contributed by atoms with Crippen molar-refractivity contribution in [3.63, 3.8) is 0 Å². The Bertz CT molecular complexity index is 1240. The second-order valence-electron chi connectivity index (χ2n) is 6.49. The highest BCUT2D eigenvalue weighted by Gasteiger charge is 2.18. The number of benzene rings is 3. The minimum absolute atomic E-state index is 0.420. The molecule has 0 aliphatic carbocycles. The van der Waals surface area contributed by atoms with Crippen LogP contribution in [0.15, 0.2) is 77.5 Å². The molecule has 0 N–H and O–H groups in total. The van der Waals surface area contributed by atoms with Crippen LogP contribution < -0.4 is 0 Å². The molecule has 5 rings (SSSR count). The van der Waals surface area contributed by atoms with Crippen LogP contribution in [0.1, 0.15) is 10.4 Å². The summed E-state index contributed by atoms with van der Waals surface area (Å²) >= 11 is 3.33. The lowest BCUT2D eigenvalue weighted by Gasteiger charge is -2.14. The van der Waals surface area contributed by atoms with Crippen LogP contribution in [0, 0.1) is 0 Å². The predicted molar refractivity (Wildman–Crippen MR) is 118 cm³/mol. The highest BCUT2D eigenvalue weighted by Crippen LogP contribution is 2.40. The number of fused-ring (bicyclic) bond motifs is 2. The summed E-state index contributed by atoms with van der Waals surface area (Å²) in [6.45, 7) is 0. The maximum Gasteiger partial charge on any atom is 0.226 e. The second-order valence-corrected chi connectivity index (χ2v) is 8.39. The van der Waals surface area contributed by atoms with Gasteiger partial charge in [-0.25, -0.2) is 0 Å². The number of thiophene rings is 2. The lowest BCUT2D eigenvalue weighted by molar-refractivity contribution is -0.104. The van der Waals surface area contributed by atoms with Gasteiger partial charge in [-0.1, -0.05) is 48.5 Å². The molecule has 0 aliphatic rings. The number of hydrogen-bond donors (Lipinski definition) is 0. The van der Waals surface area contributed by atoms with Gasteiger partial charge in [-0.15, -0.1) is 22.7 Å². The van der Waals surface area contributed by atoms with Crippen molar-refractivity contribution in [2.24, 2.45) is 0 Å². The molecular weight excluding hydrogens is 384 g/mol. The minimum atomic E-state index is -0.484. The van der Waals surface area contributed by atoms with Crippen LogP contribution in [-0.4, -0.2) is 12.1 Å². The van der Waals surface area contributed by atoms with Crippen molar-refractivity contribution in [1.29, 1.82) is 0 Å². The van der Waals surface area contributed by atoms with Crippen molar-refractivity contribution in [3.05, 3.63) is 83.1 Å². The first kappa shape index (κ1) is 17.0. The predicted octanol–water partition coefficient (Wildman–Crippen LogP) is 6.83. The molecule has 3 aromatic carbocycles. The Hall–Kier alpha value is -3.08. The normalized spacial score (nSPS) is 11.1. The number of rotatable bonds is 4. The van der Waals surface area contributed by atoms with Gasteiger partial charge >= 0.3 is 0 Å². The van der Waals surface area contributed by atoms with Gasteiger partial charge in [-0.05, 0) is 61.6 Å². The largest absolute Gasteiger partial charge is 0.294 e. The summed E-state index contributed by atoms with van der Waals surface area (Å²) in [6, 6.07) is 22.3. The van der Waals surface area contributed by atoms with Gasteiger partial charge in [0.05, 0.1) is 0 Å². The van der Waals surface area contributed by atoms with Crippen molar-refractivity contribution in [1.82, 2.24) is 0 Å². The van der Waals surface area contributed by atoms with E-state index in [9.17, 15) is 9.59 Å². The van der Waals surface area contributed by atoms with Crippen LogP contribution in [0.2, 0.25) is 0 Å². The maximum absolute atomic E-state index is 12.7. The average molecular weight is 399 g/mol. The summed E-state index contributed by atoms with van der Waals surface area (Å²) < 4.78 is 0. The Balaban J connectivity index is 1.98. The highest BCUT2D eigenvalue weighted by molar-refractivity contribution is 7.14. The molecule has 0 aliphatic heterocycles. The highest BCUT2D eigenvalue weighted by atomic mass is 32.1. The van der Waals surface area contributed by atoms with Crippen molar-refractivity contribution in [3.8, 4) is 20.9 Å². The topological polar surface area (TPSA) is 34.1 Å². The van der Waals surface area contributed by atoms with Gasteiger partial charge in [-0.3, -0.25) is 9.59 Å². The molecule has 0 fully saturated rings. The maximum atomic E-state index is 12.7. The zero-order valence-corrected chi connectivity index (χ0v) is 16.3. The Kier molecular flexibility index (Phi) is 4.15. The molecule has 0 saturated heterocycles. The number of carbonyl (C=O) groups excluding carboxylic acids is 2. The first-order valence-corrected chi connectivity index (χ1v) is 10.6. The number of ketones is 1. The lowest BCUT2D eigenvalue weighted by atomic mass is 9.90. The molecule has 134 valence electrons. The van der Waals surface area contributed by atoms with E-state index in [1.807, 2.05) is 47.2 Å². The molecule has 0 saturated carbocycles. The quantitative estimate of drug-likeness (QED) is 0.144. The second kappa shape index (κ2) is 6.82. The van der Waals surface area contributed by atoms with E-state index in [-0.39, 0.29) is 0 Å². The molecule has 4 heteroatoms. The Morgan fingerprint density at radius 2 is 1.21 bits per heavy atom. The Labute approximate surface area is 169 Å². The van der Waals surface area contributed by atoms with E-state index >= 15 is 0 Å². The smallest absolute Gasteiger partial charge is 0.226 e. The number of aldehydes is 1. The molecule has 0 bridgehead atoms. The van der Waals surface area contributed by atoms with E-state index in [4.69, 9.17) is 0 Å². The van der Waals surface area contributed by atoms with Gasteiger partial charge in [0.2, 0.25) is 5.78 Å². The third-order valence-electron chi connectivity index (χ3n) is 4.97. The first-order chi connectivity index (χ1) is 13.8. The van der Waals surface area contributed by atoms with Crippen molar-refractivity contribution in [2.45, 2.75) is 0 Å². The van der Waals surface area contributed by atoms with Gasteiger partial charge in [0.15, 0.2) is 6.29 Å². The van der Waals surface area contributed by atoms with E-state index < -0.39 is 5.78 Å². The fourth-order valence-corrected chi connectivity index (χ4v) is 5.32. The van der Waals surface area contributed by atoms with Crippen molar-refractivity contribution >= 4 is 56.3 Å². The first-order valence-electron chi connectivity index (χ1n) is 8.83. The van der Waals surface area contributed by atoms with Crippen LogP contribution in [0.25, 0.3) is 42.4 Å². The molecule has 2 heterocycles. The summed E-state index contributed by atoms with van der Waals surface area (Å²) in [5.74, 6) is -0.484. The van der Waals surface area contributed by atoms with Gasteiger partial charge in [-0.2, -0.15) is 0 Å². The molecule has 0 spiro atoms. The third-order valence-corrected chi connectivity index (χ3v) is 6.77. The molecule has 0 amide bonds. The summed E-state index contributed by atoms with van der Waals surface area (Å²) in [4.78, 5) is 26.4. The molecule has 0 atom stereocenters. The Morgan fingerprint density at radius 3 is 1.64 bits per heavy atom. The van der Waals surface area contributed by atoms with E-state index in [2.05, 4.69) is 30.3 Å². The Morgan fingerprint density at radius 1 is 0.679 bits per heavy atom. The minimum Gasteiger partial charge on any atom is -0.294 e. The van der Waals surface area contributed by atoms with E-state index in [1.54, 1.807) is 22.7 Å². The van der Waals surface area contributed by atoms with Crippen LogP contribution >= 0.6 is 22.7 Å². The van der Waals surface area contributed by atoms with Crippen LogP contribution in [-0.2, 0) is 4.79 Å². The fourth-order valence-electron chi connectivity index (χ4n) is 3.78. The van der Waals surface area contributed by atoms with Crippen molar-refractivity contribution < 1.29 is 9.59 Å². The summed E-state index contributed by atoms with van der Waals surface area (Å²) in [6.07, 6.45) is 0.420. The number of hydrogen-bond acceptors (Lipinski definition) is 4. The SMILES string of the molecule is O=CC(=O)c1c2cccc(-c3cccs3)c2cc2c(-c3cccs3)cccc12. The summed E-state index contributed by atoms with van der Waals surface area (Å²) in [5.41, 5.74) is 2.64. The zero-order valence-electron chi connectivity index (χ0n) is 14.7. The van der Waals surface area contributed by atoms with Gasteiger partial charge < -0.3 is 0 Å². The van der Waals surface area contributed by atoms with Crippen molar-refractivity contribution in [2.75, 3.05) is 0 Å². The summed E-state index contributed by atoms with van der Waals surface area (Å²) in [7, 11) is 0. The van der Waals surface area contributed by atoms with E-state index in [1.165, 1.54) is 0 Å². The van der Waals surface area contributed by atoms with Crippen LogP contribution in [0.4, 0.5) is 0 Å². The molecule has 2 aromatic heterocycles. The van der Waals surface area contributed by atoms with E-state index in [0.29, 0.717) is 11.8 Å². The number of carbonyl (C=O) groups is 2. The van der Waals surface area contributed by atoms with Gasteiger partial charge in [0.1, 0.15) is 0 Å². The lowest BCUT2D eigenvalue weighted by Crippen LogP contribution is -2.03. The number of Topliss-reactive ketones (excluding diaryl/α,β-unsaturated/α-hetero) is 1. The average Bonchev–Trinajstić information content (AvgIpc) is 3.45. The standard InChI is InChI=1S/C24H14O2S2/c25-14-21(26)24-17-7-1-5-15(22-9-3-11-27-22)19(17)13-20-16(6-2-8-18(20)24)23-10-4-12-28-23/h1-14H. The van der Waals surface area contributed by atoms with Crippen LogP contribution in [0.5, 0.6) is 0 Å². The summed E-state index contributed by atoms with van der Waals surface area (Å²) in [5, 5.41) is 7.71. The fraction of sp³-hybridized carbons (Fsp3) is 0. The monoisotopic (exact) mass is 398 g/mol. The van der Waals surface area contributed by atoms with Gasteiger partial charge in [0.25, 0.3) is 0 Å². The third kappa shape index (κ3) is 2.61. The zero-order chi connectivity index (χ0) is 19.1. The molecule has 5 aromatic rings. The molecule has 0 unspecified atom stereocenters. The van der Waals surface area contributed by atoms with E-state index in [0.717, 1.165) is 42.4 Å². The molecule has 2 nitrogen and oxygen atoms in total.